The maximum atomic E-state index is 11.8. The van der Waals surface area contributed by atoms with Crippen molar-refractivity contribution in [2.75, 3.05) is 19.0 Å². The first-order valence-electron chi connectivity index (χ1n) is 6.09. The molecule has 1 unspecified atom stereocenters. The predicted octanol–water partition coefficient (Wildman–Crippen LogP) is 1.48. The number of anilines is 1. The Labute approximate surface area is 106 Å². The van der Waals surface area contributed by atoms with E-state index in [0.29, 0.717) is 17.9 Å². The topological polar surface area (TPSA) is 70.6 Å². The molecule has 98 valence electrons. The first-order valence-corrected chi connectivity index (χ1v) is 6.09. The highest BCUT2D eigenvalue weighted by atomic mass is 16.5. The van der Waals surface area contributed by atoms with Crippen LogP contribution in [0, 0.1) is 0 Å². The van der Waals surface area contributed by atoms with Gasteiger partial charge in [0.1, 0.15) is 0 Å². The summed E-state index contributed by atoms with van der Waals surface area (Å²) in [7, 11) is 1.49. The van der Waals surface area contributed by atoms with Crippen LogP contribution in [0.25, 0.3) is 0 Å². The molecule has 1 fully saturated rings. The number of phenolic OH excluding ortho intramolecular Hbond substituents is 1. The summed E-state index contributed by atoms with van der Waals surface area (Å²) in [6.45, 7) is 0.987. The Hall–Kier alpha value is -1.75. The van der Waals surface area contributed by atoms with Gasteiger partial charge in [-0.1, -0.05) is 0 Å². The highest BCUT2D eigenvalue weighted by Gasteiger charge is 2.17. The molecule has 1 aromatic carbocycles. The lowest BCUT2D eigenvalue weighted by atomic mass is 10.1. The maximum absolute atomic E-state index is 11.8. The van der Waals surface area contributed by atoms with Crippen molar-refractivity contribution in [3.63, 3.8) is 0 Å². The fourth-order valence-electron chi connectivity index (χ4n) is 2.13. The minimum atomic E-state index is -0.0426. The molecular formula is C13H18N2O3. The third-order valence-corrected chi connectivity index (χ3v) is 3.06. The molecule has 0 bridgehead atoms. The van der Waals surface area contributed by atoms with Crippen LogP contribution < -0.4 is 15.4 Å². The Kier molecular flexibility index (Phi) is 4.04. The van der Waals surface area contributed by atoms with Gasteiger partial charge in [0.25, 0.3) is 0 Å². The molecule has 1 heterocycles. The van der Waals surface area contributed by atoms with Gasteiger partial charge in [-0.2, -0.15) is 0 Å². The van der Waals surface area contributed by atoms with E-state index < -0.39 is 0 Å². The third-order valence-electron chi connectivity index (χ3n) is 3.06. The number of nitrogens with one attached hydrogen (secondary N) is 2. The molecule has 1 atom stereocenters. The van der Waals surface area contributed by atoms with Crippen LogP contribution in [0.5, 0.6) is 11.5 Å². The summed E-state index contributed by atoms with van der Waals surface area (Å²) in [5.41, 5.74) is 0.580. The average Bonchev–Trinajstić information content (AvgIpc) is 2.82. The van der Waals surface area contributed by atoms with E-state index in [0.717, 1.165) is 19.4 Å². The van der Waals surface area contributed by atoms with E-state index in [1.165, 1.54) is 13.2 Å². The maximum Gasteiger partial charge on any atom is 0.225 e. The molecule has 0 saturated carbocycles. The van der Waals surface area contributed by atoms with Crippen molar-refractivity contribution in [3.8, 4) is 11.5 Å². The molecule has 0 radical (unpaired) electrons. The molecule has 5 heteroatoms. The highest BCUT2D eigenvalue weighted by molar-refractivity contribution is 5.91. The van der Waals surface area contributed by atoms with Gasteiger partial charge >= 0.3 is 0 Å². The number of amides is 1. The molecule has 1 aliphatic heterocycles. The normalized spacial score (nSPS) is 18.6. The van der Waals surface area contributed by atoms with E-state index in [-0.39, 0.29) is 17.7 Å². The molecule has 18 heavy (non-hydrogen) atoms. The van der Waals surface area contributed by atoms with Crippen molar-refractivity contribution in [2.45, 2.75) is 25.3 Å². The van der Waals surface area contributed by atoms with Crippen molar-refractivity contribution < 1.29 is 14.6 Å². The Balaban J connectivity index is 1.92. The van der Waals surface area contributed by atoms with Crippen LogP contribution in [0.3, 0.4) is 0 Å². The van der Waals surface area contributed by atoms with Crippen LogP contribution in [-0.2, 0) is 4.79 Å². The van der Waals surface area contributed by atoms with Crippen molar-refractivity contribution >= 4 is 11.6 Å². The highest BCUT2D eigenvalue weighted by Crippen LogP contribution is 2.28. The van der Waals surface area contributed by atoms with E-state index in [1.807, 2.05) is 0 Å². The summed E-state index contributed by atoms with van der Waals surface area (Å²) in [5, 5.41) is 15.6. The van der Waals surface area contributed by atoms with Crippen LogP contribution in [0.4, 0.5) is 5.69 Å². The number of carbonyl (C=O) groups excluding carboxylic acids is 1. The van der Waals surface area contributed by atoms with Crippen LogP contribution in [-0.4, -0.2) is 30.7 Å². The number of carbonyl (C=O) groups is 1. The second kappa shape index (κ2) is 5.73. The first-order chi connectivity index (χ1) is 8.69. The van der Waals surface area contributed by atoms with Gasteiger partial charge in [-0.05, 0) is 31.5 Å². The number of aromatic hydroxyl groups is 1. The lowest BCUT2D eigenvalue weighted by molar-refractivity contribution is -0.116. The van der Waals surface area contributed by atoms with Gasteiger partial charge < -0.3 is 20.5 Å². The lowest BCUT2D eigenvalue weighted by Crippen LogP contribution is -2.27. The zero-order valence-electron chi connectivity index (χ0n) is 10.4. The summed E-state index contributed by atoms with van der Waals surface area (Å²) >= 11 is 0. The zero-order valence-corrected chi connectivity index (χ0v) is 10.4. The molecule has 1 aliphatic rings. The number of benzene rings is 1. The van der Waals surface area contributed by atoms with Gasteiger partial charge in [0.15, 0.2) is 11.5 Å². The van der Waals surface area contributed by atoms with E-state index in [4.69, 9.17) is 4.74 Å². The number of ether oxygens (including phenoxy) is 1. The SMILES string of the molecule is COc1ccc(NC(=O)CC2CCCN2)cc1O. The Morgan fingerprint density at radius 2 is 2.44 bits per heavy atom. The predicted molar refractivity (Wildman–Crippen MR) is 68.9 cm³/mol. The van der Waals surface area contributed by atoms with E-state index >= 15 is 0 Å². The molecule has 5 nitrogen and oxygen atoms in total. The number of phenols is 1. The fraction of sp³-hybridized carbons (Fsp3) is 0.462. The molecule has 0 spiro atoms. The zero-order chi connectivity index (χ0) is 13.0. The van der Waals surface area contributed by atoms with Crippen molar-refractivity contribution in [1.82, 2.24) is 5.32 Å². The quantitative estimate of drug-likeness (QED) is 0.757. The minimum absolute atomic E-state index is 0.0225. The van der Waals surface area contributed by atoms with Crippen LogP contribution >= 0.6 is 0 Å². The monoisotopic (exact) mass is 250 g/mol. The summed E-state index contributed by atoms with van der Waals surface area (Å²) in [6.07, 6.45) is 2.63. The second-order valence-electron chi connectivity index (χ2n) is 4.43. The molecule has 1 amide bonds. The van der Waals surface area contributed by atoms with Gasteiger partial charge in [0.05, 0.1) is 7.11 Å². The average molecular weight is 250 g/mol. The van der Waals surface area contributed by atoms with Crippen molar-refractivity contribution in [1.29, 1.82) is 0 Å². The fourth-order valence-corrected chi connectivity index (χ4v) is 2.13. The van der Waals surface area contributed by atoms with Crippen molar-refractivity contribution in [3.05, 3.63) is 18.2 Å². The Morgan fingerprint density at radius 3 is 3.06 bits per heavy atom. The van der Waals surface area contributed by atoms with E-state index in [1.54, 1.807) is 12.1 Å². The van der Waals surface area contributed by atoms with Gasteiger partial charge in [0.2, 0.25) is 5.91 Å². The van der Waals surface area contributed by atoms with Crippen LogP contribution in [0.2, 0.25) is 0 Å². The van der Waals surface area contributed by atoms with E-state index in [9.17, 15) is 9.90 Å². The van der Waals surface area contributed by atoms with Crippen LogP contribution in [0.1, 0.15) is 19.3 Å². The summed E-state index contributed by atoms with van der Waals surface area (Å²) in [4.78, 5) is 11.8. The molecular weight excluding hydrogens is 232 g/mol. The second-order valence-corrected chi connectivity index (χ2v) is 4.43. The van der Waals surface area contributed by atoms with Crippen molar-refractivity contribution in [2.24, 2.45) is 0 Å². The summed E-state index contributed by atoms with van der Waals surface area (Å²) < 4.78 is 4.94. The van der Waals surface area contributed by atoms with Crippen LogP contribution in [0.15, 0.2) is 18.2 Å². The minimum Gasteiger partial charge on any atom is -0.504 e. The smallest absolute Gasteiger partial charge is 0.225 e. The molecule has 2 rings (SSSR count). The first kappa shape index (κ1) is 12.7. The largest absolute Gasteiger partial charge is 0.504 e. The standard InChI is InChI=1S/C13H18N2O3/c1-18-12-5-4-10(7-11(12)16)15-13(17)8-9-3-2-6-14-9/h4-5,7,9,14,16H,2-3,6,8H2,1H3,(H,15,17). The number of rotatable bonds is 4. The summed E-state index contributed by atoms with van der Waals surface area (Å²) in [6, 6.07) is 5.09. The van der Waals surface area contributed by atoms with Gasteiger partial charge in [-0.15, -0.1) is 0 Å². The number of hydrogen-bond donors (Lipinski definition) is 3. The third kappa shape index (κ3) is 3.13. The van der Waals surface area contributed by atoms with Gasteiger partial charge in [-0.25, -0.2) is 0 Å². The molecule has 0 aliphatic carbocycles. The lowest BCUT2D eigenvalue weighted by Gasteiger charge is -2.11. The Bertz CT molecular complexity index is 428. The van der Waals surface area contributed by atoms with Gasteiger partial charge in [-0.3, -0.25) is 4.79 Å². The van der Waals surface area contributed by atoms with E-state index in [2.05, 4.69) is 10.6 Å². The molecule has 1 aromatic rings. The number of hydrogen-bond acceptors (Lipinski definition) is 4. The Morgan fingerprint density at radius 1 is 1.61 bits per heavy atom. The van der Waals surface area contributed by atoms with Gasteiger partial charge in [0, 0.05) is 24.2 Å². The number of methoxy groups -OCH3 is 1. The molecule has 0 aromatic heterocycles. The molecule has 1 saturated heterocycles. The summed E-state index contributed by atoms with van der Waals surface area (Å²) in [5.74, 6) is 0.374. The molecule has 3 N–H and O–H groups in total.